The number of ether oxygens (including phenoxy) is 1. The quantitative estimate of drug-likeness (QED) is 0.854. The summed E-state index contributed by atoms with van der Waals surface area (Å²) in [6, 6.07) is 0.318. The summed E-state index contributed by atoms with van der Waals surface area (Å²) >= 11 is 0. The molecule has 22 heavy (non-hydrogen) atoms. The number of hydrogen-bond acceptors (Lipinski definition) is 4. The van der Waals surface area contributed by atoms with E-state index in [2.05, 4.69) is 12.2 Å². The molecule has 2 amide bonds. The third-order valence-corrected chi connectivity index (χ3v) is 4.70. The first-order chi connectivity index (χ1) is 10.6. The summed E-state index contributed by atoms with van der Waals surface area (Å²) in [6.07, 6.45) is 3.76. The third kappa shape index (κ3) is 4.87. The van der Waals surface area contributed by atoms with Crippen LogP contribution in [0.15, 0.2) is 0 Å². The molecular weight excluding hydrogens is 282 g/mol. The van der Waals surface area contributed by atoms with E-state index in [-0.39, 0.29) is 12.0 Å². The van der Waals surface area contributed by atoms with Gasteiger partial charge in [-0.05, 0) is 38.5 Å². The zero-order valence-corrected chi connectivity index (χ0v) is 13.8. The first-order valence-corrected chi connectivity index (χ1v) is 8.53. The first kappa shape index (κ1) is 17.1. The number of piperidine rings is 2. The number of amides is 2. The molecule has 2 saturated heterocycles. The average Bonchev–Trinajstić information content (AvgIpc) is 2.54. The summed E-state index contributed by atoms with van der Waals surface area (Å²) in [5.74, 6) is 0.948. The van der Waals surface area contributed by atoms with Crippen LogP contribution in [0.5, 0.6) is 0 Å². The van der Waals surface area contributed by atoms with Crippen LogP contribution in [0, 0.1) is 5.92 Å². The molecule has 6 heteroatoms. The maximum Gasteiger partial charge on any atom is 0.409 e. The van der Waals surface area contributed by atoms with E-state index in [0.717, 1.165) is 44.7 Å². The van der Waals surface area contributed by atoms with Crippen LogP contribution in [-0.2, 0) is 9.53 Å². The molecule has 0 atom stereocenters. The van der Waals surface area contributed by atoms with Gasteiger partial charge in [-0.3, -0.25) is 4.79 Å². The van der Waals surface area contributed by atoms with E-state index in [1.807, 2.05) is 11.8 Å². The highest BCUT2D eigenvalue weighted by atomic mass is 16.6. The van der Waals surface area contributed by atoms with Crippen molar-refractivity contribution in [3.8, 4) is 0 Å². The monoisotopic (exact) mass is 311 g/mol. The molecular formula is C16H29N3O3. The van der Waals surface area contributed by atoms with Crippen molar-refractivity contribution in [1.82, 2.24) is 15.1 Å². The van der Waals surface area contributed by atoms with Crippen LogP contribution in [0.2, 0.25) is 0 Å². The minimum Gasteiger partial charge on any atom is -0.450 e. The highest BCUT2D eigenvalue weighted by Gasteiger charge is 2.25. The highest BCUT2D eigenvalue weighted by molar-refractivity contribution is 5.78. The van der Waals surface area contributed by atoms with Crippen LogP contribution < -0.4 is 5.32 Å². The van der Waals surface area contributed by atoms with Gasteiger partial charge in [0.15, 0.2) is 0 Å². The van der Waals surface area contributed by atoms with Gasteiger partial charge in [-0.1, -0.05) is 6.92 Å². The molecule has 0 aromatic rings. The van der Waals surface area contributed by atoms with Gasteiger partial charge in [0.1, 0.15) is 0 Å². The number of nitrogens with zero attached hydrogens (tertiary/aromatic N) is 2. The van der Waals surface area contributed by atoms with Crippen molar-refractivity contribution < 1.29 is 14.3 Å². The minimum absolute atomic E-state index is 0.208. The van der Waals surface area contributed by atoms with Gasteiger partial charge in [0, 0.05) is 32.2 Å². The van der Waals surface area contributed by atoms with E-state index < -0.39 is 0 Å². The lowest BCUT2D eigenvalue weighted by Crippen LogP contribution is -2.49. The molecule has 0 saturated carbocycles. The maximum absolute atomic E-state index is 12.2. The fraction of sp³-hybridized carbons (Fsp3) is 0.875. The van der Waals surface area contributed by atoms with Gasteiger partial charge in [-0.15, -0.1) is 0 Å². The zero-order valence-electron chi connectivity index (χ0n) is 13.8. The molecule has 2 rings (SSSR count). The molecule has 0 unspecified atom stereocenters. The van der Waals surface area contributed by atoms with Crippen LogP contribution in [0.25, 0.3) is 0 Å². The smallest absolute Gasteiger partial charge is 0.409 e. The van der Waals surface area contributed by atoms with Crippen molar-refractivity contribution in [2.75, 3.05) is 39.3 Å². The number of likely N-dealkylation sites (tertiary alicyclic amines) is 2. The minimum atomic E-state index is -0.223. The normalized spacial score (nSPS) is 21.0. The second kappa shape index (κ2) is 8.36. The summed E-state index contributed by atoms with van der Waals surface area (Å²) in [6.45, 7) is 8.08. The van der Waals surface area contributed by atoms with Crippen molar-refractivity contribution in [2.45, 2.75) is 45.6 Å². The SMILES string of the molecule is CCOC(=O)N1CCC(NCC(=O)N2CCC(C)CC2)CC1. The summed E-state index contributed by atoms with van der Waals surface area (Å²) in [4.78, 5) is 27.5. The molecule has 2 fully saturated rings. The maximum atomic E-state index is 12.2. The molecule has 2 heterocycles. The topological polar surface area (TPSA) is 61.9 Å². The molecule has 6 nitrogen and oxygen atoms in total. The Morgan fingerprint density at radius 2 is 1.64 bits per heavy atom. The van der Waals surface area contributed by atoms with Crippen molar-refractivity contribution in [1.29, 1.82) is 0 Å². The predicted molar refractivity (Wildman–Crippen MR) is 84.6 cm³/mol. The molecule has 0 aromatic carbocycles. The van der Waals surface area contributed by atoms with Gasteiger partial charge in [-0.25, -0.2) is 4.79 Å². The van der Waals surface area contributed by atoms with E-state index in [4.69, 9.17) is 4.74 Å². The Labute approximate surface area is 133 Å². The first-order valence-electron chi connectivity index (χ1n) is 8.53. The number of nitrogens with one attached hydrogen (secondary N) is 1. The van der Waals surface area contributed by atoms with Gasteiger partial charge in [0.05, 0.1) is 13.2 Å². The highest BCUT2D eigenvalue weighted by Crippen LogP contribution is 2.16. The number of hydrogen-bond donors (Lipinski definition) is 1. The Bertz CT molecular complexity index is 373. The molecule has 0 radical (unpaired) electrons. The Morgan fingerprint density at radius 3 is 2.23 bits per heavy atom. The Hall–Kier alpha value is -1.30. The number of carbonyl (C=O) groups excluding carboxylic acids is 2. The largest absolute Gasteiger partial charge is 0.450 e. The molecule has 0 spiro atoms. The molecule has 0 bridgehead atoms. The lowest BCUT2D eigenvalue weighted by atomic mass is 9.99. The van der Waals surface area contributed by atoms with Crippen LogP contribution in [0.4, 0.5) is 4.79 Å². The number of carbonyl (C=O) groups is 2. The summed E-state index contributed by atoms with van der Waals surface area (Å²) in [5, 5.41) is 3.35. The lowest BCUT2D eigenvalue weighted by molar-refractivity contribution is -0.131. The Morgan fingerprint density at radius 1 is 1.05 bits per heavy atom. The molecule has 1 N–H and O–H groups in total. The fourth-order valence-electron chi connectivity index (χ4n) is 3.08. The van der Waals surface area contributed by atoms with Crippen LogP contribution in [0.1, 0.15) is 39.5 Å². The third-order valence-electron chi connectivity index (χ3n) is 4.70. The van der Waals surface area contributed by atoms with Gasteiger partial charge in [-0.2, -0.15) is 0 Å². The van der Waals surface area contributed by atoms with Gasteiger partial charge >= 0.3 is 6.09 Å². The lowest BCUT2D eigenvalue weighted by Gasteiger charge is -2.33. The van der Waals surface area contributed by atoms with Gasteiger partial charge in [0.2, 0.25) is 5.91 Å². The molecule has 0 aromatic heterocycles. The summed E-state index contributed by atoms with van der Waals surface area (Å²) in [5.41, 5.74) is 0. The number of rotatable bonds is 4. The van der Waals surface area contributed by atoms with Crippen molar-refractivity contribution in [3.05, 3.63) is 0 Å². The zero-order chi connectivity index (χ0) is 15.9. The summed E-state index contributed by atoms with van der Waals surface area (Å²) in [7, 11) is 0. The predicted octanol–water partition coefficient (Wildman–Crippen LogP) is 1.46. The van der Waals surface area contributed by atoms with Crippen molar-refractivity contribution in [2.24, 2.45) is 5.92 Å². The fourth-order valence-corrected chi connectivity index (χ4v) is 3.08. The van der Waals surface area contributed by atoms with E-state index >= 15 is 0 Å². The van der Waals surface area contributed by atoms with E-state index in [1.165, 1.54) is 0 Å². The van der Waals surface area contributed by atoms with E-state index in [0.29, 0.717) is 32.3 Å². The molecule has 2 aliphatic heterocycles. The van der Waals surface area contributed by atoms with Gasteiger partial charge in [0.25, 0.3) is 0 Å². The summed E-state index contributed by atoms with van der Waals surface area (Å²) < 4.78 is 5.01. The van der Waals surface area contributed by atoms with Crippen LogP contribution in [-0.4, -0.2) is 67.2 Å². The van der Waals surface area contributed by atoms with E-state index in [9.17, 15) is 9.59 Å². The van der Waals surface area contributed by atoms with Crippen molar-refractivity contribution in [3.63, 3.8) is 0 Å². The Kier molecular flexibility index (Phi) is 6.49. The van der Waals surface area contributed by atoms with Crippen LogP contribution >= 0.6 is 0 Å². The molecule has 0 aliphatic carbocycles. The van der Waals surface area contributed by atoms with Gasteiger partial charge < -0.3 is 19.9 Å². The van der Waals surface area contributed by atoms with Crippen LogP contribution in [0.3, 0.4) is 0 Å². The molecule has 126 valence electrons. The van der Waals surface area contributed by atoms with Crippen molar-refractivity contribution >= 4 is 12.0 Å². The second-order valence-corrected chi connectivity index (χ2v) is 6.40. The molecule has 2 aliphatic rings. The van der Waals surface area contributed by atoms with E-state index in [1.54, 1.807) is 4.90 Å². The standard InChI is InChI=1S/C16H29N3O3/c1-3-22-16(21)19-10-6-14(7-11-19)17-12-15(20)18-8-4-13(2)5-9-18/h13-14,17H,3-12H2,1-2H3. The Balaban J connectivity index is 1.64. The average molecular weight is 311 g/mol. The second-order valence-electron chi connectivity index (χ2n) is 6.40.